The first-order chi connectivity index (χ1) is 9.02. The van der Waals surface area contributed by atoms with Crippen molar-refractivity contribution in [2.45, 2.75) is 56.5 Å². The average Bonchev–Trinajstić information content (AvgIpc) is 3.17. The molecule has 1 unspecified atom stereocenters. The summed E-state index contributed by atoms with van der Waals surface area (Å²) in [6.45, 7) is 6.30. The number of aryl methyl sites for hydroxylation is 2. The minimum absolute atomic E-state index is 0.367. The molecule has 0 bridgehead atoms. The number of hydrogen-bond donors (Lipinski definition) is 1. The molecule has 1 aliphatic rings. The van der Waals surface area contributed by atoms with Crippen molar-refractivity contribution in [3.8, 4) is 6.07 Å². The van der Waals surface area contributed by atoms with Crippen LogP contribution in [0.5, 0.6) is 0 Å². The van der Waals surface area contributed by atoms with E-state index in [0.29, 0.717) is 6.04 Å². The zero-order valence-corrected chi connectivity index (χ0v) is 12.8. The van der Waals surface area contributed by atoms with Crippen LogP contribution in [0.2, 0.25) is 0 Å². The van der Waals surface area contributed by atoms with Gasteiger partial charge in [0.2, 0.25) is 0 Å². The normalized spacial score (nSPS) is 17.8. The van der Waals surface area contributed by atoms with Gasteiger partial charge in [-0.2, -0.15) is 5.26 Å². The summed E-state index contributed by atoms with van der Waals surface area (Å²) in [7, 11) is 0. The molecule has 0 aliphatic heterocycles. The molecule has 1 fully saturated rings. The van der Waals surface area contributed by atoms with Crippen LogP contribution >= 0.6 is 11.8 Å². The van der Waals surface area contributed by atoms with E-state index in [-0.39, 0.29) is 5.54 Å². The predicted octanol–water partition coefficient (Wildman–Crippen LogP) is 3.82. The Balaban J connectivity index is 1.84. The van der Waals surface area contributed by atoms with E-state index < -0.39 is 0 Å². The molecular weight excluding hydrogens is 252 g/mol. The molecule has 0 heterocycles. The second-order valence-corrected chi connectivity index (χ2v) is 6.88. The van der Waals surface area contributed by atoms with Crippen molar-refractivity contribution >= 4 is 11.8 Å². The Morgan fingerprint density at radius 2 is 2.11 bits per heavy atom. The molecule has 19 heavy (non-hydrogen) atoms. The highest BCUT2D eigenvalue weighted by Gasteiger charge is 2.32. The predicted molar refractivity (Wildman–Crippen MR) is 81.4 cm³/mol. The highest BCUT2D eigenvalue weighted by molar-refractivity contribution is 7.99. The van der Waals surface area contributed by atoms with Crippen LogP contribution in [0.15, 0.2) is 23.1 Å². The molecule has 0 aromatic heterocycles. The van der Waals surface area contributed by atoms with Crippen molar-refractivity contribution in [2.75, 3.05) is 5.75 Å². The fourth-order valence-electron chi connectivity index (χ4n) is 2.02. The molecule has 1 aromatic carbocycles. The Morgan fingerprint density at radius 1 is 1.37 bits per heavy atom. The molecule has 102 valence electrons. The van der Waals surface area contributed by atoms with E-state index in [2.05, 4.69) is 43.4 Å². The lowest BCUT2D eigenvalue weighted by molar-refractivity contribution is 0.434. The number of thioether (sulfide) groups is 1. The van der Waals surface area contributed by atoms with Crippen LogP contribution in [0.4, 0.5) is 0 Å². The van der Waals surface area contributed by atoms with Gasteiger partial charge in [-0.25, -0.2) is 0 Å². The first-order valence-electron chi connectivity index (χ1n) is 6.91. The first-order valence-corrected chi connectivity index (χ1v) is 7.90. The van der Waals surface area contributed by atoms with Crippen LogP contribution in [0.1, 0.15) is 37.3 Å². The van der Waals surface area contributed by atoms with Gasteiger partial charge in [0.25, 0.3) is 0 Å². The maximum Gasteiger partial charge on any atom is 0.104 e. The summed E-state index contributed by atoms with van der Waals surface area (Å²) < 4.78 is 0. The van der Waals surface area contributed by atoms with Gasteiger partial charge in [-0.05, 0) is 63.3 Å². The van der Waals surface area contributed by atoms with Crippen molar-refractivity contribution in [1.29, 1.82) is 5.26 Å². The van der Waals surface area contributed by atoms with Gasteiger partial charge in [-0.15, -0.1) is 11.8 Å². The average molecular weight is 274 g/mol. The number of nitrogens with one attached hydrogen (secondary N) is 1. The fourth-order valence-corrected chi connectivity index (χ4v) is 3.19. The van der Waals surface area contributed by atoms with E-state index in [0.717, 1.165) is 12.2 Å². The molecule has 3 heteroatoms. The smallest absolute Gasteiger partial charge is 0.104 e. The summed E-state index contributed by atoms with van der Waals surface area (Å²) in [5, 5.41) is 12.8. The lowest BCUT2D eigenvalue weighted by Crippen LogP contribution is -2.42. The Bertz CT molecular complexity index is 488. The fraction of sp³-hybridized carbons (Fsp3) is 0.562. The number of nitriles is 1. The van der Waals surface area contributed by atoms with Crippen LogP contribution in [0, 0.1) is 25.2 Å². The Labute approximate surface area is 120 Å². The standard InChI is InChI=1S/C16H22N2S/c1-12-4-7-15(10-13(12)2)19-9-8-16(3,11-17)18-14-5-6-14/h4,7,10,14,18H,5-6,8-9H2,1-3H3. The highest BCUT2D eigenvalue weighted by Crippen LogP contribution is 2.27. The lowest BCUT2D eigenvalue weighted by atomic mass is 10.0. The Morgan fingerprint density at radius 3 is 2.68 bits per heavy atom. The van der Waals surface area contributed by atoms with Crippen LogP contribution in [-0.4, -0.2) is 17.3 Å². The van der Waals surface area contributed by atoms with E-state index in [4.69, 9.17) is 0 Å². The highest BCUT2D eigenvalue weighted by atomic mass is 32.2. The third-order valence-electron chi connectivity index (χ3n) is 3.70. The van der Waals surface area contributed by atoms with Crippen molar-refractivity contribution < 1.29 is 0 Å². The first kappa shape index (κ1) is 14.4. The molecule has 2 nitrogen and oxygen atoms in total. The van der Waals surface area contributed by atoms with Gasteiger partial charge in [-0.3, -0.25) is 5.32 Å². The van der Waals surface area contributed by atoms with E-state index in [1.165, 1.54) is 28.9 Å². The molecule has 0 amide bonds. The van der Waals surface area contributed by atoms with Gasteiger partial charge >= 0.3 is 0 Å². The number of nitrogens with zero attached hydrogens (tertiary/aromatic N) is 1. The van der Waals surface area contributed by atoms with E-state index in [9.17, 15) is 5.26 Å². The quantitative estimate of drug-likeness (QED) is 0.801. The number of hydrogen-bond acceptors (Lipinski definition) is 3. The molecule has 1 aliphatic carbocycles. The second-order valence-electron chi connectivity index (χ2n) is 5.71. The summed E-state index contributed by atoms with van der Waals surface area (Å²) in [6.07, 6.45) is 3.33. The van der Waals surface area contributed by atoms with Gasteiger partial charge in [-0.1, -0.05) is 6.07 Å². The minimum Gasteiger partial charge on any atom is -0.297 e. The molecule has 1 saturated carbocycles. The second kappa shape index (κ2) is 5.98. The number of benzene rings is 1. The number of rotatable bonds is 6. The van der Waals surface area contributed by atoms with Crippen molar-refractivity contribution in [1.82, 2.24) is 5.32 Å². The molecule has 1 atom stereocenters. The molecule has 1 N–H and O–H groups in total. The lowest BCUT2D eigenvalue weighted by Gasteiger charge is -2.23. The molecule has 0 saturated heterocycles. The third kappa shape index (κ3) is 4.26. The largest absolute Gasteiger partial charge is 0.297 e. The van der Waals surface area contributed by atoms with Gasteiger partial charge in [0.05, 0.1) is 6.07 Å². The SMILES string of the molecule is Cc1ccc(SCCC(C)(C#N)NC2CC2)cc1C. The van der Waals surface area contributed by atoms with Crippen molar-refractivity contribution in [2.24, 2.45) is 0 Å². The molecular formula is C16H22N2S. The Hall–Kier alpha value is -0.980. The van der Waals surface area contributed by atoms with E-state index >= 15 is 0 Å². The van der Waals surface area contributed by atoms with Crippen molar-refractivity contribution in [3.05, 3.63) is 29.3 Å². The monoisotopic (exact) mass is 274 g/mol. The van der Waals surface area contributed by atoms with Crippen LogP contribution in [-0.2, 0) is 0 Å². The van der Waals surface area contributed by atoms with Gasteiger partial charge in [0.1, 0.15) is 5.54 Å². The third-order valence-corrected chi connectivity index (χ3v) is 4.69. The molecule has 2 rings (SSSR count). The van der Waals surface area contributed by atoms with E-state index in [1.54, 1.807) is 0 Å². The summed E-state index contributed by atoms with van der Waals surface area (Å²) in [5.41, 5.74) is 2.30. The minimum atomic E-state index is -0.367. The van der Waals surface area contributed by atoms with Crippen LogP contribution in [0.25, 0.3) is 0 Å². The summed E-state index contributed by atoms with van der Waals surface area (Å²) in [4.78, 5) is 1.30. The molecule has 0 radical (unpaired) electrons. The molecule has 0 spiro atoms. The van der Waals surface area contributed by atoms with Gasteiger partial charge < -0.3 is 0 Å². The van der Waals surface area contributed by atoms with Crippen LogP contribution < -0.4 is 5.32 Å². The Kier molecular flexibility index (Phi) is 4.54. The maximum absolute atomic E-state index is 9.32. The topological polar surface area (TPSA) is 35.8 Å². The summed E-state index contributed by atoms with van der Waals surface area (Å²) in [5.74, 6) is 0.978. The maximum atomic E-state index is 9.32. The summed E-state index contributed by atoms with van der Waals surface area (Å²) >= 11 is 1.84. The zero-order valence-electron chi connectivity index (χ0n) is 12.0. The van der Waals surface area contributed by atoms with Gasteiger partial charge in [0.15, 0.2) is 0 Å². The van der Waals surface area contributed by atoms with Crippen LogP contribution in [0.3, 0.4) is 0 Å². The van der Waals surface area contributed by atoms with E-state index in [1.807, 2.05) is 18.7 Å². The zero-order chi connectivity index (χ0) is 13.9. The summed E-state index contributed by atoms with van der Waals surface area (Å²) in [6, 6.07) is 9.59. The molecule has 1 aromatic rings. The van der Waals surface area contributed by atoms with Crippen molar-refractivity contribution in [3.63, 3.8) is 0 Å². The van der Waals surface area contributed by atoms with Gasteiger partial charge in [0, 0.05) is 16.7 Å².